The molecule has 0 amide bonds. The van der Waals surface area contributed by atoms with Crippen molar-refractivity contribution in [3.05, 3.63) is 65.2 Å². The van der Waals surface area contributed by atoms with Crippen molar-refractivity contribution in [2.24, 2.45) is 5.92 Å². The van der Waals surface area contributed by atoms with Gasteiger partial charge in [-0.25, -0.2) is 0 Å². The highest BCUT2D eigenvalue weighted by Gasteiger charge is 2.43. The maximum Gasteiger partial charge on any atom is 0.122 e. The Morgan fingerprint density at radius 2 is 1.91 bits per heavy atom. The third-order valence-corrected chi connectivity index (χ3v) is 5.91. The summed E-state index contributed by atoms with van der Waals surface area (Å²) in [5.41, 5.74) is 4.39. The van der Waals surface area contributed by atoms with Crippen molar-refractivity contribution in [2.75, 3.05) is 13.7 Å². The number of hydrogen-bond donors (Lipinski definition) is 1. The molecule has 4 rings (SSSR count). The molecule has 2 aromatic carbocycles. The van der Waals surface area contributed by atoms with Gasteiger partial charge in [0.25, 0.3) is 0 Å². The lowest BCUT2D eigenvalue weighted by molar-refractivity contribution is 0.332. The lowest BCUT2D eigenvalue weighted by Crippen LogP contribution is -2.34. The van der Waals surface area contributed by atoms with E-state index in [1.807, 2.05) is 0 Å². The van der Waals surface area contributed by atoms with Crippen molar-refractivity contribution >= 4 is 0 Å². The minimum Gasteiger partial charge on any atom is -0.496 e. The number of methoxy groups -OCH3 is 1. The van der Waals surface area contributed by atoms with Gasteiger partial charge in [0.2, 0.25) is 0 Å². The van der Waals surface area contributed by atoms with Gasteiger partial charge in [0.1, 0.15) is 5.75 Å². The summed E-state index contributed by atoms with van der Waals surface area (Å²) in [6.45, 7) is 3.44. The molecule has 2 aliphatic rings. The van der Waals surface area contributed by atoms with Gasteiger partial charge in [0, 0.05) is 24.1 Å². The Hall–Kier alpha value is -1.80. The molecule has 2 heteroatoms. The Kier molecular flexibility index (Phi) is 3.86. The summed E-state index contributed by atoms with van der Waals surface area (Å²) in [4.78, 5) is 0. The predicted molar refractivity (Wildman–Crippen MR) is 94.2 cm³/mol. The Bertz CT molecular complexity index is 667. The maximum atomic E-state index is 5.67. The summed E-state index contributed by atoms with van der Waals surface area (Å²) in [6.07, 6.45) is 2.45. The van der Waals surface area contributed by atoms with Crippen molar-refractivity contribution in [1.29, 1.82) is 0 Å². The van der Waals surface area contributed by atoms with Crippen LogP contribution in [0.1, 0.15) is 41.9 Å². The van der Waals surface area contributed by atoms with Crippen molar-refractivity contribution in [3.8, 4) is 5.75 Å². The van der Waals surface area contributed by atoms with Crippen molar-refractivity contribution in [3.63, 3.8) is 0 Å². The summed E-state index contributed by atoms with van der Waals surface area (Å²) in [6, 6.07) is 18.0. The zero-order chi connectivity index (χ0) is 15.8. The van der Waals surface area contributed by atoms with Crippen LogP contribution in [0.25, 0.3) is 0 Å². The average Bonchev–Trinajstić information content (AvgIpc) is 3.05. The van der Waals surface area contributed by atoms with Crippen LogP contribution >= 0.6 is 0 Å². The maximum absolute atomic E-state index is 5.67. The van der Waals surface area contributed by atoms with E-state index in [9.17, 15) is 0 Å². The molecule has 120 valence electrons. The second-order valence-corrected chi connectivity index (χ2v) is 6.98. The molecular formula is C21H25NO. The van der Waals surface area contributed by atoms with E-state index in [1.165, 1.54) is 29.5 Å². The number of hydrogen-bond acceptors (Lipinski definition) is 2. The van der Waals surface area contributed by atoms with E-state index in [-0.39, 0.29) is 0 Å². The molecule has 1 fully saturated rings. The molecule has 0 saturated carbocycles. The lowest BCUT2D eigenvalue weighted by Gasteiger charge is -2.34. The minimum absolute atomic E-state index is 0.544. The summed E-state index contributed by atoms with van der Waals surface area (Å²) in [7, 11) is 1.80. The highest BCUT2D eigenvalue weighted by atomic mass is 16.5. The average molecular weight is 307 g/mol. The van der Waals surface area contributed by atoms with Crippen molar-refractivity contribution < 1.29 is 4.74 Å². The first-order valence-corrected chi connectivity index (χ1v) is 8.73. The number of nitrogens with one attached hydrogen (secondary N) is 1. The molecule has 4 atom stereocenters. The predicted octanol–water partition coefficient (Wildman–Crippen LogP) is 4.12. The molecule has 1 aliphatic carbocycles. The van der Waals surface area contributed by atoms with Crippen molar-refractivity contribution in [1.82, 2.24) is 5.32 Å². The van der Waals surface area contributed by atoms with Gasteiger partial charge in [-0.2, -0.15) is 0 Å². The third-order valence-electron chi connectivity index (χ3n) is 5.91. The third kappa shape index (κ3) is 2.46. The number of rotatable bonds is 3. The number of aryl methyl sites for hydroxylation is 1. The van der Waals surface area contributed by atoms with Crippen LogP contribution in [0.15, 0.2) is 48.5 Å². The topological polar surface area (TPSA) is 21.3 Å². The number of ether oxygens (including phenoxy) is 1. The second kappa shape index (κ2) is 6.01. The largest absolute Gasteiger partial charge is 0.496 e. The van der Waals surface area contributed by atoms with E-state index in [1.54, 1.807) is 7.11 Å². The van der Waals surface area contributed by atoms with Gasteiger partial charge in [-0.3, -0.25) is 0 Å². The normalized spacial score (nSPS) is 27.1. The van der Waals surface area contributed by atoms with E-state index in [4.69, 9.17) is 4.74 Å². The molecule has 2 nitrogen and oxygen atoms in total. The molecule has 0 unspecified atom stereocenters. The molecule has 0 radical (unpaired) electrons. The van der Waals surface area contributed by atoms with Gasteiger partial charge in [0.15, 0.2) is 0 Å². The highest BCUT2D eigenvalue weighted by molar-refractivity contribution is 5.46. The zero-order valence-electron chi connectivity index (χ0n) is 14.0. The smallest absolute Gasteiger partial charge is 0.122 e. The second-order valence-electron chi connectivity index (χ2n) is 6.98. The standard InChI is InChI=1S/C21H25NO/c1-14(15-7-4-3-5-8-15)21-17-12-11-16-9-6-10-19(23-2)20(16)18(17)13-22-21/h3-10,14,17-18,21-22H,11-13H2,1-2H3/t14-,17-,18-,21+/m0/s1. The first kappa shape index (κ1) is 14.8. The van der Waals surface area contributed by atoms with Crippen LogP contribution in [-0.2, 0) is 6.42 Å². The quantitative estimate of drug-likeness (QED) is 0.921. The van der Waals surface area contributed by atoms with Crippen LogP contribution in [0.5, 0.6) is 5.75 Å². The van der Waals surface area contributed by atoms with E-state index < -0.39 is 0 Å². The van der Waals surface area contributed by atoms with E-state index in [0.29, 0.717) is 23.8 Å². The van der Waals surface area contributed by atoms with Gasteiger partial charge in [-0.05, 0) is 41.9 Å². The summed E-state index contributed by atoms with van der Waals surface area (Å²) in [5.74, 6) is 2.91. The molecular weight excluding hydrogens is 282 g/mol. The summed E-state index contributed by atoms with van der Waals surface area (Å²) >= 11 is 0. The summed E-state index contributed by atoms with van der Waals surface area (Å²) < 4.78 is 5.67. The first-order valence-electron chi connectivity index (χ1n) is 8.73. The lowest BCUT2D eigenvalue weighted by atomic mass is 9.71. The molecule has 0 bridgehead atoms. The molecule has 1 aliphatic heterocycles. The Morgan fingerprint density at radius 3 is 2.70 bits per heavy atom. The fourth-order valence-corrected chi connectivity index (χ4v) is 4.75. The molecule has 1 saturated heterocycles. The van der Waals surface area contributed by atoms with Crippen LogP contribution in [0, 0.1) is 5.92 Å². The van der Waals surface area contributed by atoms with Crippen LogP contribution < -0.4 is 10.1 Å². The Labute approximate surface area is 138 Å². The fourth-order valence-electron chi connectivity index (χ4n) is 4.75. The van der Waals surface area contributed by atoms with Gasteiger partial charge >= 0.3 is 0 Å². The Morgan fingerprint density at radius 1 is 1.09 bits per heavy atom. The van der Waals surface area contributed by atoms with Crippen LogP contribution in [-0.4, -0.2) is 19.7 Å². The monoisotopic (exact) mass is 307 g/mol. The number of fused-ring (bicyclic) bond motifs is 3. The first-order chi connectivity index (χ1) is 11.3. The molecule has 23 heavy (non-hydrogen) atoms. The Balaban J connectivity index is 1.65. The van der Waals surface area contributed by atoms with Crippen LogP contribution in [0.3, 0.4) is 0 Å². The highest BCUT2D eigenvalue weighted by Crippen LogP contribution is 2.47. The molecule has 2 aromatic rings. The van der Waals surface area contributed by atoms with E-state index >= 15 is 0 Å². The molecule has 1 N–H and O–H groups in total. The van der Waals surface area contributed by atoms with Gasteiger partial charge in [-0.1, -0.05) is 49.4 Å². The number of benzene rings is 2. The van der Waals surface area contributed by atoms with Crippen LogP contribution in [0.2, 0.25) is 0 Å². The van der Waals surface area contributed by atoms with E-state index in [2.05, 4.69) is 60.8 Å². The summed E-state index contributed by atoms with van der Waals surface area (Å²) in [5, 5.41) is 3.83. The fraction of sp³-hybridized carbons (Fsp3) is 0.429. The van der Waals surface area contributed by atoms with Gasteiger partial charge in [-0.15, -0.1) is 0 Å². The molecule has 0 spiro atoms. The van der Waals surface area contributed by atoms with Gasteiger partial charge < -0.3 is 10.1 Å². The van der Waals surface area contributed by atoms with E-state index in [0.717, 1.165) is 12.3 Å². The SMILES string of the molecule is COc1cccc2c1[C@H]1CN[C@H]([C@@H](C)c3ccccc3)[C@H]1CC2. The zero-order valence-corrected chi connectivity index (χ0v) is 14.0. The van der Waals surface area contributed by atoms with Crippen molar-refractivity contribution in [2.45, 2.75) is 37.6 Å². The minimum atomic E-state index is 0.544. The molecule has 1 heterocycles. The molecule has 0 aromatic heterocycles. The van der Waals surface area contributed by atoms with Crippen LogP contribution in [0.4, 0.5) is 0 Å². The van der Waals surface area contributed by atoms with Gasteiger partial charge in [0.05, 0.1) is 7.11 Å².